The van der Waals surface area contributed by atoms with Crippen LogP contribution < -0.4 is 41.0 Å². The van der Waals surface area contributed by atoms with E-state index in [4.69, 9.17) is 14.2 Å². The maximum absolute atomic E-state index is 14.0. The molecule has 2 aliphatic rings. The van der Waals surface area contributed by atoms with E-state index in [2.05, 4.69) is 25.5 Å². The van der Waals surface area contributed by atoms with Crippen molar-refractivity contribution in [2.24, 2.45) is 0 Å². The van der Waals surface area contributed by atoms with Crippen molar-refractivity contribution in [1.82, 2.24) is 28.3 Å². The molecule has 2 aliphatic heterocycles. The second kappa shape index (κ2) is 14.4. The zero-order valence-electron chi connectivity index (χ0n) is 25.3. The number of halogens is 1. The Labute approximate surface area is 263 Å². The van der Waals surface area contributed by atoms with E-state index < -0.39 is 0 Å². The Balaban J connectivity index is 1.40. The molecule has 0 saturated carbocycles. The Bertz CT molecular complexity index is 1420. The number of ether oxygens (including phenoxy) is 3. The summed E-state index contributed by atoms with van der Waals surface area (Å²) < 4.78 is 19.2. The molecule has 43 heavy (non-hydrogen) atoms. The average Bonchev–Trinajstić information content (AvgIpc) is 3.40. The Kier molecular flexibility index (Phi) is 10.4. The fourth-order valence-electron chi connectivity index (χ4n) is 5.65. The van der Waals surface area contributed by atoms with Gasteiger partial charge in [0.2, 0.25) is 5.91 Å². The van der Waals surface area contributed by atoms with Gasteiger partial charge in [-0.1, -0.05) is 6.92 Å². The van der Waals surface area contributed by atoms with Crippen molar-refractivity contribution in [3.8, 4) is 28.4 Å². The summed E-state index contributed by atoms with van der Waals surface area (Å²) >= 11 is -0.133. The van der Waals surface area contributed by atoms with Crippen molar-refractivity contribution >= 4 is 11.8 Å². The Morgan fingerprint density at radius 1 is 1.09 bits per heavy atom. The van der Waals surface area contributed by atoms with E-state index in [1.807, 2.05) is 46.3 Å². The number of carbonyl (C=O) groups is 2. The van der Waals surface area contributed by atoms with Crippen molar-refractivity contribution in [3.63, 3.8) is 0 Å². The molecule has 1 saturated heterocycles. The number of rotatable bonds is 10. The molecule has 0 unspecified atom stereocenters. The van der Waals surface area contributed by atoms with Crippen LogP contribution in [0.3, 0.4) is 0 Å². The maximum Gasteiger partial charge on any atom is 0.0495 e. The molecule has 12 heteroatoms. The van der Waals surface area contributed by atoms with Gasteiger partial charge >= 0.3 is 135 Å². The van der Waals surface area contributed by atoms with Crippen molar-refractivity contribution in [2.45, 2.75) is 45.2 Å². The van der Waals surface area contributed by atoms with Crippen molar-refractivity contribution in [3.05, 3.63) is 53.3 Å². The minimum Gasteiger partial charge on any atom is 0.0495 e. The number of methoxy groups -OCH3 is 2. The zero-order valence-corrected chi connectivity index (χ0v) is 27.4. The molecule has 5 rings (SSSR count). The first-order valence-electron chi connectivity index (χ1n) is 14.7. The fourth-order valence-corrected chi connectivity index (χ4v) is 6.54. The van der Waals surface area contributed by atoms with Gasteiger partial charge in [-0.3, -0.25) is 4.79 Å². The molecule has 3 heterocycles. The van der Waals surface area contributed by atoms with Crippen LogP contribution in [0, 0.1) is 0 Å². The second-order valence-corrected chi connectivity index (χ2v) is 12.7. The first-order chi connectivity index (χ1) is 20.9. The molecule has 232 valence electrons. The van der Waals surface area contributed by atoms with Gasteiger partial charge in [0.15, 0.2) is 0 Å². The van der Waals surface area contributed by atoms with Crippen LogP contribution in [0.1, 0.15) is 47.8 Å². The van der Waals surface area contributed by atoms with Crippen LogP contribution in [0.25, 0.3) is 11.1 Å². The number of hydrogen-bond acceptors (Lipinski definition) is 8. The summed E-state index contributed by atoms with van der Waals surface area (Å²) in [6, 6.07) is 9.53. The van der Waals surface area contributed by atoms with Crippen molar-refractivity contribution in [2.75, 3.05) is 51.9 Å². The number of benzene rings is 2. The number of piperidine rings is 1. The molecule has 0 radical (unpaired) electrons. The molecule has 1 aromatic heterocycles. The van der Waals surface area contributed by atoms with Gasteiger partial charge in [-0.05, 0) is 29.3 Å². The molecular weight excluding hydrogens is 663 g/mol. The normalized spacial score (nSPS) is 17.1. The summed E-state index contributed by atoms with van der Waals surface area (Å²) in [5.74, 6) is 1.71. The molecule has 11 nitrogen and oxygen atoms in total. The van der Waals surface area contributed by atoms with E-state index in [9.17, 15) is 9.59 Å². The predicted octanol–water partition coefficient (Wildman–Crippen LogP) is 0.0121. The van der Waals surface area contributed by atoms with E-state index in [1.165, 1.54) is 0 Å². The van der Waals surface area contributed by atoms with Gasteiger partial charge in [0, 0.05) is 24.6 Å². The zero-order chi connectivity index (χ0) is 30.3. The summed E-state index contributed by atoms with van der Waals surface area (Å²) in [5.41, 5.74) is 3.95. The predicted molar refractivity (Wildman–Crippen MR) is 158 cm³/mol. The van der Waals surface area contributed by atoms with Crippen LogP contribution in [-0.2, 0) is 17.8 Å². The average molecular weight is 704 g/mol. The third kappa shape index (κ3) is 7.58. The van der Waals surface area contributed by atoms with E-state index in [1.54, 1.807) is 19.1 Å². The van der Waals surface area contributed by atoms with Gasteiger partial charge < -0.3 is 19.1 Å². The molecule has 0 bridgehead atoms. The molecule has 2 aromatic carbocycles. The molecule has 1 N–H and O–H groups in total. The van der Waals surface area contributed by atoms with Crippen LogP contribution >= 0.6 is 0 Å². The van der Waals surface area contributed by atoms with Crippen LogP contribution in [0.2, 0.25) is 0 Å². The number of nitrogens with one attached hydrogen (secondary N) is 1. The maximum atomic E-state index is 14.0. The molecule has 1 fully saturated rings. The summed E-state index contributed by atoms with van der Waals surface area (Å²) in [5, 5.41) is 11.8. The first kappa shape index (κ1) is 31.0. The number of hydrogen-bond donors (Lipinski definition) is 1. The number of carbonyl (C=O) groups excluding carboxylic acids is 2. The van der Waals surface area contributed by atoms with Crippen LogP contribution in [0.15, 0.2) is 36.5 Å². The number of fused-ring (bicyclic) bond motifs is 1. The number of likely N-dealkylation sites (tertiary alicyclic amines) is 1. The summed E-state index contributed by atoms with van der Waals surface area (Å²) in [7, 11) is 3.22. The molecule has 0 aliphatic carbocycles. The molecule has 3 aromatic rings. The van der Waals surface area contributed by atoms with Crippen molar-refractivity contribution < 1.29 is 45.3 Å². The molecule has 2 amide bonds. The molecule has 0 spiro atoms. The Morgan fingerprint density at radius 3 is 2.56 bits per heavy atom. The largest absolute Gasteiger partial charge is 0.0495 e. The van der Waals surface area contributed by atoms with E-state index in [0.29, 0.717) is 48.9 Å². The van der Waals surface area contributed by atoms with E-state index in [0.717, 1.165) is 61.3 Å². The number of amides is 2. The third-order valence-electron chi connectivity index (χ3n) is 7.93. The van der Waals surface area contributed by atoms with Gasteiger partial charge in [-0.25, -0.2) is 0 Å². The molecule has 1 atom stereocenters. The number of nitrogens with zero attached hydrogens (tertiary/aromatic N) is 5. The second-order valence-electron chi connectivity index (χ2n) is 10.8. The van der Waals surface area contributed by atoms with Crippen molar-refractivity contribution in [1.29, 1.82) is 0 Å². The van der Waals surface area contributed by atoms with E-state index in [-0.39, 0.29) is 39.3 Å². The smallest absolute Gasteiger partial charge is 0.0495 e. The minimum atomic E-state index is -0.176. The summed E-state index contributed by atoms with van der Waals surface area (Å²) in [6.45, 7) is 5.67. The van der Waals surface area contributed by atoms with Gasteiger partial charge in [0.1, 0.15) is 18.1 Å². The van der Waals surface area contributed by atoms with Crippen LogP contribution in [-0.4, -0.2) is 92.8 Å². The summed E-state index contributed by atoms with van der Waals surface area (Å²) in [4.78, 5) is 33.0. The monoisotopic (exact) mass is 703 g/mol. The summed E-state index contributed by atoms with van der Waals surface area (Å²) in [6.07, 6.45) is 5.21. The van der Waals surface area contributed by atoms with Gasteiger partial charge in [-0.15, -0.1) is 0 Å². The number of alkyl halides is 1. The minimum absolute atomic E-state index is 0.0126. The Morgan fingerprint density at radius 2 is 1.86 bits per heavy atom. The van der Waals surface area contributed by atoms with Gasteiger partial charge in [0.05, 0.1) is 20.8 Å². The standard InChI is InChI=1S/C31H40IN6O5/c1-5-29(39)37-11-12-43-30-23(18-37)13-21(22-14-26(41-3)17-27(15-22)42-4)16-28(30)31(40)33-24-7-6-9-36(19-24)10-8-25-20-38(32-2)35-34-25/h13-17,20,24H,5-12,18-19H2,1-4H3,(H,33,40)/q-1/t24-/m0/s1. The van der Waals surface area contributed by atoms with Gasteiger partial charge in [-0.2, -0.15) is 0 Å². The van der Waals surface area contributed by atoms with Gasteiger partial charge in [0.25, 0.3) is 0 Å². The molecular formula is C31H40IN6O5-. The quantitative estimate of drug-likeness (QED) is 0.233. The third-order valence-corrected chi connectivity index (χ3v) is 9.39. The Hall–Kier alpha value is -3.39. The van der Waals surface area contributed by atoms with Crippen LogP contribution in [0.4, 0.5) is 0 Å². The van der Waals surface area contributed by atoms with E-state index >= 15 is 0 Å². The fraction of sp³-hybridized carbons (Fsp3) is 0.484. The SMILES string of the molecule is CCC(=O)N1CCOc2c(cc(-c3cc(OC)cc(OC)c3)cc2C(=O)N[C@H]2CCCN(CCc3cn([I-]C)nn3)C2)C1. The number of aromatic nitrogens is 3. The first-order valence-corrected chi connectivity index (χ1v) is 17.8. The topological polar surface area (TPSA) is 111 Å². The van der Waals surface area contributed by atoms with Crippen LogP contribution in [0.5, 0.6) is 17.2 Å².